The Balaban J connectivity index is 4.41. The second kappa shape index (κ2) is 36.4. The van der Waals surface area contributed by atoms with Gasteiger partial charge in [-0.3, -0.25) is 18.6 Å². The van der Waals surface area contributed by atoms with E-state index in [0.29, 0.717) is 13.0 Å². The van der Waals surface area contributed by atoms with Gasteiger partial charge in [0.2, 0.25) is 0 Å². The van der Waals surface area contributed by atoms with Crippen LogP contribution in [-0.4, -0.2) is 54.8 Å². The first-order chi connectivity index (χ1) is 25.5. The molecule has 0 radical (unpaired) electrons. The summed E-state index contributed by atoms with van der Waals surface area (Å²) in [5, 5.41) is 3.17. The molecule has 2 atom stereocenters. The molecule has 0 heterocycles. The number of hydrogen-bond acceptors (Lipinski definition) is 8. The number of phosphoric acid groups is 1. The summed E-state index contributed by atoms with van der Waals surface area (Å²) in [6.45, 7) is 10.1. The number of phosphoric ester groups is 1. The van der Waals surface area contributed by atoms with Gasteiger partial charge in [0.15, 0.2) is 6.10 Å². The molecule has 0 aliphatic rings. The molecule has 0 aromatic heterocycles. The molecular weight excluding hydrogens is 689 g/mol. The quantitative estimate of drug-likeness (QED) is 0.0272. The molecule has 10 heteroatoms. The van der Waals surface area contributed by atoms with E-state index >= 15 is 0 Å². The van der Waals surface area contributed by atoms with Gasteiger partial charge < -0.3 is 19.7 Å². The summed E-state index contributed by atoms with van der Waals surface area (Å²) in [5.41, 5.74) is -0.163. The van der Waals surface area contributed by atoms with Crippen LogP contribution in [0.15, 0.2) is 12.2 Å². The van der Waals surface area contributed by atoms with Crippen molar-refractivity contribution in [3.63, 3.8) is 0 Å². The van der Waals surface area contributed by atoms with Crippen molar-refractivity contribution in [2.75, 3.05) is 26.4 Å². The third-order valence-electron chi connectivity index (χ3n) is 9.29. The maximum atomic E-state index is 12.7. The summed E-state index contributed by atoms with van der Waals surface area (Å²) in [5.74, 6) is -0.810. The molecule has 2 unspecified atom stereocenters. The Morgan fingerprint density at radius 1 is 0.604 bits per heavy atom. The topological polar surface area (TPSA) is 120 Å². The summed E-state index contributed by atoms with van der Waals surface area (Å²) < 4.78 is 33.7. The predicted octanol–water partition coefficient (Wildman–Crippen LogP) is 12.5. The molecule has 9 nitrogen and oxygen atoms in total. The van der Waals surface area contributed by atoms with Crippen molar-refractivity contribution < 1.29 is 37.6 Å². The lowest BCUT2D eigenvalue weighted by Crippen LogP contribution is -2.37. The Morgan fingerprint density at radius 2 is 1.02 bits per heavy atom. The van der Waals surface area contributed by atoms with Crippen molar-refractivity contribution in [3.8, 4) is 0 Å². The zero-order valence-corrected chi connectivity index (χ0v) is 36.0. The number of rotatable bonds is 39. The van der Waals surface area contributed by atoms with Crippen LogP contribution >= 0.6 is 7.82 Å². The van der Waals surface area contributed by atoms with Crippen LogP contribution in [0.25, 0.3) is 0 Å². The maximum absolute atomic E-state index is 12.7. The van der Waals surface area contributed by atoms with E-state index in [4.69, 9.17) is 18.5 Å². The highest BCUT2D eigenvalue weighted by Gasteiger charge is 2.26. The fraction of sp³-hybridized carbons (Fsp3) is 0.907. The highest BCUT2D eigenvalue weighted by atomic mass is 31.2. The van der Waals surface area contributed by atoms with Crippen molar-refractivity contribution in [1.29, 1.82) is 0 Å². The molecule has 0 rings (SSSR count). The van der Waals surface area contributed by atoms with Gasteiger partial charge in [0.1, 0.15) is 6.61 Å². The number of carbonyl (C=O) groups is 2. The van der Waals surface area contributed by atoms with Crippen LogP contribution in [0.2, 0.25) is 0 Å². The minimum atomic E-state index is -4.39. The minimum absolute atomic E-state index is 0.0287. The van der Waals surface area contributed by atoms with E-state index in [9.17, 15) is 19.0 Å². The van der Waals surface area contributed by atoms with Gasteiger partial charge in [-0.2, -0.15) is 0 Å². The molecule has 53 heavy (non-hydrogen) atoms. The average Bonchev–Trinajstić information content (AvgIpc) is 3.11. The van der Waals surface area contributed by atoms with Crippen molar-refractivity contribution in [2.24, 2.45) is 0 Å². The number of unbranched alkanes of at least 4 members (excludes halogenated alkanes) is 23. The zero-order valence-electron chi connectivity index (χ0n) is 35.1. The van der Waals surface area contributed by atoms with E-state index in [0.717, 1.165) is 51.4 Å². The minimum Gasteiger partial charge on any atom is -0.462 e. The normalized spacial score (nSPS) is 13.7. The SMILES string of the molecule is CCCCCCCC/C=C\CCCCCCCC(=O)OC(COC(=O)CCCCCCCCCCCCCCC)COP(=O)(O)OCCNC(C)(C)C. The number of esters is 2. The van der Waals surface area contributed by atoms with Crippen LogP contribution in [0.1, 0.15) is 214 Å². The first-order valence-corrected chi connectivity index (χ1v) is 23.4. The number of nitrogens with one attached hydrogen (secondary N) is 1. The van der Waals surface area contributed by atoms with Gasteiger partial charge in [-0.25, -0.2) is 4.57 Å². The van der Waals surface area contributed by atoms with E-state index in [-0.39, 0.29) is 37.6 Å². The highest BCUT2D eigenvalue weighted by molar-refractivity contribution is 7.47. The smallest absolute Gasteiger partial charge is 0.462 e. The lowest BCUT2D eigenvalue weighted by atomic mass is 10.0. The standard InChI is InChI=1S/C43H84NO8P/c1-6-8-10-12-14-16-18-20-21-23-25-27-29-31-33-35-42(46)52-40(39-51-53(47,48)50-37-36-44-43(3,4)5)38-49-41(45)34-32-30-28-26-24-22-19-17-15-13-11-9-7-2/h20-21,40,44H,6-19,22-39H2,1-5H3,(H,47,48)/b21-20-. The molecule has 2 N–H and O–H groups in total. The molecule has 0 aromatic carbocycles. The molecule has 0 aliphatic carbocycles. The molecule has 0 fully saturated rings. The lowest BCUT2D eigenvalue weighted by molar-refractivity contribution is -0.161. The molecule has 0 aliphatic heterocycles. The fourth-order valence-electron chi connectivity index (χ4n) is 6.05. The number of ether oxygens (including phenoxy) is 2. The number of allylic oxidation sites excluding steroid dienone is 2. The first kappa shape index (κ1) is 51.8. The van der Waals surface area contributed by atoms with E-state index in [1.54, 1.807) is 0 Å². The fourth-order valence-corrected chi connectivity index (χ4v) is 6.80. The van der Waals surface area contributed by atoms with Crippen molar-refractivity contribution in [2.45, 2.75) is 226 Å². The van der Waals surface area contributed by atoms with Crippen LogP contribution in [0, 0.1) is 0 Å². The summed E-state index contributed by atoms with van der Waals surface area (Å²) in [6.07, 6.45) is 35.3. The van der Waals surface area contributed by atoms with Gasteiger partial charge >= 0.3 is 19.8 Å². The van der Waals surface area contributed by atoms with Crippen LogP contribution in [0.3, 0.4) is 0 Å². The van der Waals surface area contributed by atoms with Crippen molar-refractivity contribution in [1.82, 2.24) is 5.32 Å². The first-order valence-electron chi connectivity index (χ1n) is 21.9. The summed E-state index contributed by atoms with van der Waals surface area (Å²) >= 11 is 0. The Kier molecular flexibility index (Phi) is 35.5. The van der Waals surface area contributed by atoms with Crippen LogP contribution in [0.4, 0.5) is 0 Å². The van der Waals surface area contributed by atoms with Crippen LogP contribution in [0.5, 0.6) is 0 Å². The molecule has 0 amide bonds. The third kappa shape index (κ3) is 40.2. The highest BCUT2D eigenvalue weighted by Crippen LogP contribution is 2.43. The molecule has 0 spiro atoms. The largest absolute Gasteiger partial charge is 0.472 e. The molecule has 0 saturated heterocycles. The Bertz CT molecular complexity index is 922. The van der Waals surface area contributed by atoms with Crippen LogP contribution < -0.4 is 5.32 Å². The molecule has 0 aromatic rings. The van der Waals surface area contributed by atoms with Gasteiger partial charge in [-0.1, -0.05) is 154 Å². The van der Waals surface area contributed by atoms with E-state index < -0.39 is 26.5 Å². The molecule has 0 saturated carbocycles. The maximum Gasteiger partial charge on any atom is 0.472 e. The number of carbonyl (C=O) groups excluding carboxylic acids is 2. The van der Waals surface area contributed by atoms with E-state index in [1.807, 2.05) is 20.8 Å². The van der Waals surface area contributed by atoms with Gasteiger partial charge in [-0.15, -0.1) is 0 Å². The third-order valence-corrected chi connectivity index (χ3v) is 10.3. The molecule has 0 bridgehead atoms. The summed E-state index contributed by atoms with van der Waals surface area (Å²) in [6, 6.07) is 0. The van der Waals surface area contributed by atoms with Gasteiger partial charge in [0, 0.05) is 24.9 Å². The van der Waals surface area contributed by atoms with Crippen molar-refractivity contribution in [3.05, 3.63) is 12.2 Å². The Hall–Kier alpha value is -1.25. The Labute approximate surface area is 326 Å². The monoisotopic (exact) mass is 774 g/mol. The molecular formula is C43H84NO8P. The van der Waals surface area contributed by atoms with Crippen molar-refractivity contribution >= 4 is 19.8 Å². The lowest BCUT2D eigenvalue weighted by Gasteiger charge is -2.22. The Morgan fingerprint density at radius 3 is 1.47 bits per heavy atom. The molecule has 314 valence electrons. The zero-order chi connectivity index (χ0) is 39.3. The van der Waals surface area contributed by atoms with E-state index in [2.05, 4.69) is 31.3 Å². The summed E-state index contributed by atoms with van der Waals surface area (Å²) in [4.78, 5) is 35.3. The second-order valence-corrected chi connectivity index (χ2v) is 17.3. The number of hydrogen-bond donors (Lipinski definition) is 2. The van der Waals surface area contributed by atoms with Gasteiger partial charge in [0.25, 0.3) is 0 Å². The van der Waals surface area contributed by atoms with Crippen LogP contribution in [-0.2, 0) is 32.7 Å². The average molecular weight is 774 g/mol. The van der Waals surface area contributed by atoms with Gasteiger partial charge in [0.05, 0.1) is 13.2 Å². The predicted molar refractivity (Wildman–Crippen MR) is 220 cm³/mol. The summed E-state index contributed by atoms with van der Waals surface area (Å²) in [7, 11) is -4.39. The second-order valence-electron chi connectivity index (χ2n) is 15.9. The van der Waals surface area contributed by atoms with E-state index in [1.165, 1.54) is 109 Å². The van der Waals surface area contributed by atoms with Gasteiger partial charge in [-0.05, 0) is 59.3 Å².